The van der Waals surface area contributed by atoms with Crippen LogP contribution in [0.3, 0.4) is 0 Å². The van der Waals surface area contributed by atoms with Gasteiger partial charge in [0, 0.05) is 37.4 Å². The van der Waals surface area contributed by atoms with Gasteiger partial charge in [-0.15, -0.1) is 0 Å². The number of hydrogen-bond donors (Lipinski definition) is 2. The summed E-state index contributed by atoms with van der Waals surface area (Å²) in [5, 5.41) is 9.83. The minimum atomic E-state index is -0.411. The molecule has 1 aromatic carbocycles. The summed E-state index contributed by atoms with van der Waals surface area (Å²) in [5.41, 5.74) is 1.77. The summed E-state index contributed by atoms with van der Waals surface area (Å²) in [6, 6.07) is 6.58. The minimum Gasteiger partial charge on any atom is -0.491 e. The zero-order valence-corrected chi connectivity index (χ0v) is 14.3. The Morgan fingerprint density at radius 1 is 1.48 bits per heavy atom. The molecule has 0 radical (unpaired) electrons. The highest BCUT2D eigenvalue weighted by molar-refractivity contribution is 5.74. The van der Waals surface area contributed by atoms with Crippen molar-refractivity contribution in [1.29, 1.82) is 0 Å². The van der Waals surface area contributed by atoms with Gasteiger partial charge in [-0.25, -0.2) is 9.18 Å². The second-order valence-electron chi connectivity index (χ2n) is 6.15. The first-order valence-electron chi connectivity index (χ1n) is 8.60. The van der Waals surface area contributed by atoms with Crippen LogP contribution in [0.15, 0.2) is 30.5 Å². The Morgan fingerprint density at radius 2 is 2.36 bits per heavy atom. The summed E-state index contributed by atoms with van der Waals surface area (Å²) in [5.74, 6) is 0.104. The summed E-state index contributed by atoms with van der Waals surface area (Å²) >= 11 is 0. The highest BCUT2D eigenvalue weighted by atomic mass is 19.1. The van der Waals surface area contributed by atoms with Crippen molar-refractivity contribution in [2.45, 2.75) is 32.2 Å². The molecule has 1 saturated heterocycles. The number of aromatic nitrogens is 2. The van der Waals surface area contributed by atoms with Gasteiger partial charge in [0.1, 0.15) is 0 Å². The van der Waals surface area contributed by atoms with E-state index in [4.69, 9.17) is 4.74 Å². The van der Waals surface area contributed by atoms with E-state index in [0.717, 1.165) is 25.1 Å². The lowest BCUT2D eigenvalue weighted by Gasteiger charge is -2.32. The number of hydrogen-bond acceptors (Lipinski definition) is 3. The van der Waals surface area contributed by atoms with Crippen LogP contribution in [0, 0.1) is 5.82 Å². The van der Waals surface area contributed by atoms with E-state index in [-0.39, 0.29) is 24.2 Å². The number of carbonyl (C=O) groups excluding carboxylic acids is 1. The van der Waals surface area contributed by atoms with Crippen molar-refractivity contribution < 1.29 is 13.9 Å². The van der Waals surface area contributed by atoms with Gasteiger partial charge in [-0.3, -0.25) is 5.10 Å². The molecule has 0 saturated carbocycles. The highest BCUT2D eigenvalue weighted by Gasteiger charge is 2.25. The van der Waals surface area contributed by atoms with Crippen LogP contribution in [0.1, 0.15) is 36.9 Å². The van der Waals surface area contributed by atoms with Crippen molar-refractivity contribution in [3.05, 3.63) is 47.5 Å². The fraction of sp³-hybridized carbons (Fsp3) is 0.444. The zero-order chi connectivity index (χ0) is 17.6. The van der Waals surface area contributed by atoms with Crippen LogP contribution >= 0.6 is 0 Å². The second-order valence-corrected chi connectivity index (χ2v) is 6.15. The predicted octanol–water partition coefficient (Wildman–Crippen LogP) is 3.04. The van der Waals surface area contributed by atoms with Crippen LogP contribution < -0.4 is 10.1 Å². The fourth-order valence-electron chi connectivity index (χ4n) is 3.13. The average molecular weight is 346 g/mol. The van der Waals surface area contributed by atoms with Crippen LogP contribution in [0.2, 0.25) is 0 Å². The lowest BCUT2D eigenvalue weighted by atomic mass is 9.95. The highest BCUT2D eigenvalue weighted by Crippen LogP contribution is 2.25. The smallest absolute Gasteiger partial charge is 0.317 e. The van der Waals surface area contributed by atoms with E-state index in [1.54, 1.807) is 23.2 Å². The Bertz CT molecular complexity index is 705. The molecular weight excluding hydrogens is 323 g/mol. The van der Waals surface area contributed by atoms with E-state index in [9.17, 15) is 9.18 Å². The van der Waals surface area contributed by atoms with Gasteiger partial charge in [0.15, 0.2) is 11.6 Å². The standard InChI is InChI=1S/C18H23FN4O2/c1-2-25-17-6-5-13(10-15(17)19)11-20-18(24)23-9-3-4-14(12-23)16-7-8-21-22-16/h5-8,10,14H,2-4,9,11-12H2,1H3,(H,20,24)(H,21,22)/t14-/m1/s1. The molecule has 134 valence electrons. The predicted molar refractivity (Wildman–Crippen MR) is 91.9 cm³/mol. The molecule has 1 atom stereocenters. The van der Waals surface area contributed by atoms with Crippen molar-refractivity contribution in [2.24, 2.45) is 0 Å². The van der Waals surface area contributed by atoms with Gasteiger partial charge in [-0.05, 0) is 43.5 Å². The summed E-state index contributed by atoms with van der Waals surface area (Å²) < 4.78 is 19.0. The molecule has 0 spiro atoms. The molecule has 6 nitrogen and oxygen atoms in total. The molecule has 25 heavy (non-hydrogen) atoms. The third kappa shape index (κ3) is 4.29. The third-order valence-electron chi connectivity index (χ3n) is 4.41. The lowest BCUT2D eigenvalue weighted by molar-refractivity contribution is 0.178. The van der Waals surface area contributed by atoms with Crippen LogP contribution in [0.5, 0.6) is 5.75 Å². The first kappa shape index (κ1) is 17.3. The first-order chi connectivity index (χ1) is 12.2. The van der Waals surface area contributed by atoms with Crippen molar-refractivity contribution in [3.63, 3.8) is 0 Å². The Morgan fingerprint density at radius 3 is 3.08 bits per heavy atom. The number of H-pyrrole nitrogens is 1. The topological polar surface area (TPSA) is 70.2 Å². The number of benzene rings is 1. The van der Waals surface area contributed by atoms with Gasteiger partial charge in [-0.2, -0.15) is 5.10 Å². The van der Waals surface area contributed by atoms with Gasteiger partial charge >= 0.3 is 6.03 Å². The number of amides is 2. The molecule has 2 N–H and O–H groups in total. The molecule has 2 aromatic rings. The second kappa shape index (κ2) is 8.00. The first-order valence-corrected chi connectivity index (χ1v) is 8.60. The average Bonchev–Trinajstić information content (AvgIpc) is 3.17. The monoisotopic (exact) mass is 346 g/mol. The summed E-state index contributed by atoms with van der Waals surface area (Å²) in [6.07, 6.45) is 3.72. The Hall–Kier alpha value is -2.57. The van der Waals surface area contributed by atoms with Crippen molar-refractivity contribution >= 4 is 6.03 Å². The minimum absolute atomic E-state index is 0.126. The molecule has 7 heteroatoms. The maximum atomic E-state index is 13.9. The van der Waals surface area contributed by atoms with Crippen LogP contribution in [0.4, 0.5) is 9.18 Å². The molecule has 1 aliphatic heterocycles. The molecule has 3 rings (SSSR count). The number of piperidine rings is 1. The van der Waals surface area contributed by atoms with Crippen molar-refractivity contribution in [2.75, 3.05) is 19.7 Å². The molecule has 0 unspecified atom stereocenters. The van der Waals surface area contributed by atoms with E-state index in [1.165, 1.54) is 6.07 Å². The maximum Gasteiger partial charge on any atom is 0.317 e. The van der Waals surface area contributed by atoms with E-state index in [0.29, 0.717) is 18.7 Å². The normalized spacial score (nSPS) is 17.4. The van der Waals surface area contributed by atoms with Crippen LogP contribution in [-0.4, -0.2) is 40.8 Å². The Balaban J connectivity index is 1.54. The van der Waals surface area contributed by atoms with E-state index < -0.39 is 5.82 Å². The number of carbonyl (C=O) groups is 1. The number of halogens is 1. The molecule has 2 amide bonds. The van der Waals surface area contributed by atoms with E-state index in [2.05, 4.69) is 15.5 Å². The summed E-state index contributed by atoms with van der Waals surface area (Å²) in [4.78, 5) is 14.2. The van der Waals surface area contributed by atoms with Gasteiger partial charge in [-0.1, -0.05) is 6.07 Å². The SMILES string of the molecule is CCOc1ccc(CNC(=O)N2CCC[C@@H](c3ccn[nH]3)C2)cc1F. The van der Waals surface area contributed by atoms with Crippen molar-refractivity contribution in [1.82, 2.24) is 20.4 Å². The molecular formula is C18H23FN4O2. The number of urea groups is 1. The molecule has 1 aliphatic rings. The van der Waals surface area contributed by atoms with E-state index >= 15 is 0 Å². The van der Waals surface area contributed by atoms with Gasteiger partial charge in [0.25, 0.3) is 0 Å². The number of rotatable bonds is 5. The molecule has 1 fully saturated rings. The van der Waals surface area contributed by atoms with Gasteiger partial charge < -0.3 is 15.0 Å². The lowest BCUT2D eigenvalue weighted by Crippen LogP contribution is -2.44. The van der Waals surface area contributed by atoms with Gasteiger partial charge in [0.2, 0.25) is 0 Å². The number of likely N-dealkylation sites (tertiary alicyclic amines) is 1. The molecule has 1 aromatic heterocycles. The van der Waals surface area contributed by atoms with E-state index in [1.807, 2.05) is 13.0 Å². The third-order valence-corrected chi connectivity index (χ3v) is 4.41. The number of aromatic amines is 1. The maximum absolute atomic E-state index is 13.9. The van der Waals surface area contributed by atoms with Crippen LogP contribution in [-0.2, 0) is 6.54 Å². The quantitative estimate of drug-likeness (QED) is 0.874. The Labute approximate surface area is 146 Å². The number of nitrogens with zero attached hydrogens (tertiary/aromatic N) is 2. The number of ether oxygens (including phenoxy) is 1. The fourth-order valence-corrected chi connectivity index (χ4v) is 3.13. The van der Waals surface area contributed by atoms with Crippen LogP contribution in [0.25, 0.3) is 0 Å². The Kier molecular flexibility index (Phi) is 5.53. The largest absolute Gasteiger partial charge is 0.491 e. The summed E-state index contributed by atoms with van der Waals surface area (Å²) in [7, 11) is 0. The van der Waals surface area contributed by atoms with Crippen molar-refractivity contribution in [3.8, 4) is 5.75 Å². The number of nitrogens with one attached hydrogen (secondary N) is 2. The molecule has 0 bridgehead atoms. The zero-order valence-electron chi connectivity index (χ0n) is 14.3. The summed E-state index contributed by atoms with van der Waals surface area (Å²) in [6.45, 7) is 3.90. The molecule has 0 aliphatic carbocycles. The molecule has 2 heterocycles. The van der Waals surface area contributed by atoms with Gasteiger partial charge in [0.05, 0.1) is 6.61 Å².